The highest BCUT2D eigenvalue weighted by molar-refractivity contribution is 7.85. The van der Waals surface area contributed by atoms with Crippen molar-refractivity contribution in [2.45, 2.75) is 13.3 Å². The maximum Gasteiger partial charge on any atom is 0.00331 e. The summed E-state index contributed by atoms with van der Waals surface area (Å²) in [5.41, 5.74) is 0. The molecule has 2 heteroatoms. The van der Waals surface area contributed by atoms with E-state index in [2.05, 4.69) is 6.92 Å². The Morgan fingerprint density at radius 3 is 2.17 bits per heavy atom. The summed E-state index contributed by atoms with van der Waals surface area (Å²) < 4.78 is 7.01. The molecular weight excluding hydrogens is 94.1 g/mol. The van der Waals surface area contributed by atoms with Crippen LogP contribution in [0.3, 0.4) is 0 Å². The topological polar surface area (TPSA) is 23.9 Å². The third-order valence-electron chi connectivity index (χ3n) is 0.510. The van der Waals surface area contributed by atoms with E-state index >= 15 is 0 Å². The van der Waals surface area contributed by atoms with Gasteiger partial charge in [0.25, 0.3) is 0 Å². The standard InChI is InChI=1S/C4H11NS/c1-3-4-6(2)5/h5H,3-4H2,1-2H3. The van der Waals surface area contributed by atoms with Gasteiger partial charge in [0.2, 0.25) is 0 Å². The third kappa shape index (κ3) is 4.15. The summed E-state index contributed by atoms with van der Waals surface area (Å²) in [6.07, 6.45) is 3.10. The van der Waals surface area contributed by atoms with E-state index in [1.807, 2.05) is 6.26 Å². The lowest BCUT2D eigenvalue weighted by atomic mass is 10.6. The molecule has 0 aliphatic carbocycles. The Balaban J connectivity index is 2.83. The van der Waals surface area contributed by atoms with Crippen LogP contribution in [0.15, 0.2) is 0 Å². The normalized spacial score (nSPS) is 14.3. The fraction of sp³-hybridized carbons (Fsp3) is 1.00. The minimum atomic E-state index is -0.0656. The lowest BCUT2D eigenvalue weighted by molar-refractivity contribution is 1.10. The molecule has 0 fully saturated rings. The van der Waals surface area contributed by atoms with E-state index < -0.39 is 0 Å². The van der Waals surface area contributed by atoms with Crippen LogP contribution in [-0.2, 0) is 10.7 Å². The van der Waals surface area contributed by atoms with Crippen molar-refractivity contribution >= 4 is 10.7 Å². The van der Waals surface area contributed by atoms with Gasteiger partial charge in [-0.3, -0.25) is 4.78 Å². The Kier molecular flexibility index (Phi) is 3.43. The van der Waals surface area contributed by atoms with Crippen LogP contribution in [0.4, 0.5) is 0 Å². The van der Waals surface area contributed by atoms with Crippen molar-refractivity contribution in [2.75, 3.05) is 12.0 Å². The van der Waals surface area contributed by atoms with Crippen molar-refractivity contribution in [2.24, 2.45) is 0 Å². The van der Waals surface area contributed by atoms with Crippen LogP contribution in [-0.4, -0.2) is 12.0 Å². The molecule has 0 aliphatic rings. The molecule has 0 amide bonds. The second-order valence-corrected chi connectivity index (χ2v) is 3.02. The molecule has 0 rings (SSSR count). The van der Waals surface area contributed by atoms with Gasteiger partial charge < -0.3 is 0 Å². The predicted molar refractivity (Wildman–Crippen MR) is 31.2 cm³/mol. The van der Waals surface area contributed by atoms with E-state index in [-0.39, 0.29) is 10.7 Å². The molecule has 0 spiro atoms. The molecule has 6 heavy (non-hydrogen) atoms. The van der Waals surface area contributed by atoms with Crippen LogP contribution in [0.25, 0.3) is 0 Å². The van der Waals surface area contributed by atoms with Crippen molar-refractivity contribution in [3.05, 3.63) is 0 Å². The molecule has 38 valence electrons. The van der Waals surface area contributed by atoms with Crippen molar-refractivity contribution in [3.63, 3.8) is 0 Å². The average molecular weight is 105 g/mol. The SMILES string of the molecule is CCCS(C)=N. The van der Waals surface area contributed by atoms with Crippen molar-refractivity contribution in [1.29, 1.82) is 4.78 Å². The second-order valence-electron chi connectivity index (χ2n) is 1.34. The summed E-state index contributed by atoms with van der Waals surface area (Å²) in [6, 6.07) is 0. The van der Waals surface area contributed by atoms with Gasteiger partial charge in [-0.15, -0.1) is 10.7 Å². The third-order valence-corrected chi connectivity index (χ3v) is 1.53. The summed E-state index contributed by atoms with van der Waals surface area (Å²) in [4.78, 5) is 0. The molecule has 0 heterocycles. The summed E-state index contributed by atoms with van der Waals surface area (Å²) >= 11 is 0. The molecule has 0 aromatic carbocycles. The molecule has 0 aromatic rings. The predicted octanol–water partition coefficient (Wildman–Crippen LogP) is 1.41. The maximum atomic E-state index is 7.01. The lowest BCUT2D eigenvalue weighted by Crippen LogP contribution is -1.86. The Bertz CT molecular complexity index is 51.5. The Morgan fingerprint density at radius 1 is 1.67 bits per heavy atom. The van der Waals surface area contributed by atoms with Crippen molar-refractivity contribution in [3.8, 4) is 0 Å². The molecule has 0 bridgehead atoms. The minimum Gasteiger partial charge on any atom is -0.281 e. The summed E-state index contributed by atoms with van der Waals surface area (Å²) in [5.74, 6) is 1.07. The van der Waals surface area contributed by atoms with E-state index in [4.69, 9.17) is 4.78 Å². The molecule has 1 nitrogen and oxygen atoms in total. The van der Waals surface area contributed by atoms with Gasteiger partial charge in [0.1, 0.15) is 0 Å². The first-order chi connectivity index (χ1) is 2.77. The fourth-order valence-corrected chi connectivity index (χ4v) is 0.919. The molecular formula is C4H11NS. The van der Waals surface area contributed by atoms with E-state index in [1.165, 1.54) is 0 Å². The van der Waals surface area contributed by atoms with Crippen LogP contribution >= 0.6 is 0 Å². The average Bonchev–Trinajstić information content (AvgIpc) is 1.35. The van der Waals surface area contributed by atoms with Gasteiger partial charge in [0, 0.05) is 5.75 Å². The fourth-order valence-electron chi connectivity index (χ4n) is 0.306. The highest BCUT2D eigenvalue weighted by Gasteiger charge is 1.76. The summed E-state index contributed by atoms with van der Waals surface area (Å²) in [7, 11) is -0.0656. The molecule has 0 saturated heterocycles. The Labute approximate surface area is 41.7 Å². The van der Waals surface area contributed by atoms with Crippen LogP contribution < -0.4 is 0 Å². The molecule has 1 unspecified atom stereocenters. The lowest BCUT2D eigenvalue weighted by Gasteiger charge is -1.87. The zero-order chi connectivity index (χ0) is 4.99. The number of hydrogen-bond acceptors (Lipinski definition) is 1. The Morgan fingerprint density at radius 2 is 2.17 bits per heavy atom. The zero-order valence-corrected chi connectivity index (χ0v) is 5.14. The molecule has 0 aliphatic heterocycles. The van der Waals surface area contributed by atoms with Gasteiger partial charge >= 0.3 is 0 Å². The van der Waals surface area contributed by atoms with Gasteiger partial charge in [-0.25, -0.2) is 0 Å². The van der Waals surface area contributed by atoms with Crippen LogP contribution in [0.2, 0.25) is 0 Å². The van der Waals surface area contributed by atoms with Gasteiger partial charge in [-0.2, -0.15) is 0 Å². The smallest absolute Gasteiger partial charge is 0.00331 e. The van der Waals surface area contributed by atoms with Crippen molar-refractivity contribution in [1.82, 2.24) is 0 Å². The molecule has 0 aromatic heterocycles. The van der Waals surface area contributed by atoms with E-state index in [0.29, 0.717) is 0 Å². The molecule has 0 radical (unpaired) electrons. The van der Waals surface area contributed by atoms with Gasteiger partial charge in [-0.05, 0) is 12.7 Å². The van der Waals surface area contributed by atoms with E-state index in [9.17, 15) is 0 Å². The van der Waals surface area contributed by atoms with Crippen LogP contribution in [0.1, 0.15) is 13.3 Å². The first-order valence-corrected chi connectivity index (χ1v) is 3.91. The quantitative estimate of drug-likeness (QED) is 0.549. The first kappa shape index (κ1) is 6.15. The summed E-state index contributed by atoms with van der Waals surface area (Å²) in [6.45, 7) is 2.11. The number of rotatable bonds is 2. The van der Waals surface area contributed by atoms with E-state index in [1.54, 1.807) is 0 Å². The summed E-state index contributed by atoms with van der Waals surface area (Å²) in [5, 5.41) is 0. The van der Waals surface area contributed by atoms with Gasteiger partial charge in [-0.1, -0.05) is 6.92 Å². The highest BCUT2D eigenvalue weighted by Crippen LogP contribution is 1.79. The van der Waals surface area contributed by atoms with Crippen LogP contribution in [0, 0.1) is 4.78 Å². The monoisotopic (exact) mass is 105 g/mol. The number of hydrogen-bond donors (Lipinski definition) is 1. The highest BCUT2D eigenvalue weighted by atomic mass is 32.2. The number of nitrogens with one attached hydrogen (secondary N) is 1. The van der Waals surface area contributed by atoms with Gasteiger partial charge in [0.05, 0.1) is 0 Å². The van der Waals surface area contributed by atoms with Crippen molar-refractivity contribution < 1.29 is 0 Å². The van der Waals surface area contributed by atoms with Gasteiger partial charge in [0.15, 0.2) is 0 Å². The molecule has 1 atom stereocenters. The maximum absolute atomic E-state index is 7.01. The Hall–Kier alpha value is 0.150. The van der Waals surface area contributed by atoms with E-state index in [0.717, 1.165) is 12.2 Å². The zero-order valence-electron chi connectivity index (χ0n) is 4.32. The molecule has 0 saturated carbocycles. The second kappa shape index (κ2) is 3.34. The minimum absolute atomic E-state index is 0.0656. The van der Waals surface area contributed by atoms with Crippen LogP contribution in [0.5, 0.6) is 0 Å². The largest absolute Gasteiger partial charge is 0.281 e. The first-order valence-electron chi connectivity index (χ1n) is 2.11. The molecule has 1 N–H and O–H groups in total.